The smallest absolute Gasteiger partial charge is 0.334 e. The number of hydrazone groups is 1. The minimum Gasteiger partial charge on any atom is -0.489 e. The Bertz CT molecular complexity index is 755. The second-order valence-corrected chi connectivity index (χ2v) is 7.22. The molecule has 1 atom stereocenters. The first-order valence-corrected chi connectivity index (χ1v) is 9.37. The minimum absolute atomic E-state index is 0.132. The van der Waals surface area contributed by atoms with Crippen LogP contribution in [0.15, 0.2) is 12.1 Å². The molecule has 2 fully saturated rings. The molecule has 2 aliphatic heterocycles. The van der Waals surface area contributed by atoms with E-state index in [1.165, 1.54) is 17.1 Å². The van der Waals surface area contributed by atoms with Crippen LogP contribution in [0, 0.1) is 11.6 Å². The zero-order valence-corrected chi connectivity index (χ0v) is 16.0. The van der Waals surface area contributed by atoms with E-state index in [1.807, 2.05) is 0 Å². The van der Waals surface area contributed by atoms with Crippen LogP contribution < -0.4 is 4.74 Å². The molecule has 0 amide bonds. The van der Waals surface area contributed by atoms with Gasteiger partial charge in [-0.3, -0.25) is 4.90 Å². The predicted molar refractivity (Wildman–Crippen MR) is 98.1 cm³/mol. The maximum Gasteiger partial charge on any atom is 0.334 e. The summed E-state index contributed by atoms with van der Waals surface area (Å²) < 4.78 is 41.0. The number of carboxylic acid groups (broad SMARTS) is 1. The van der Waals surface area contributed by atoms with Gasteiger partial charge in [-0.15, -0.1) is 0 Å². The third kappa shape index (κ3) is 3.95. The monoisotopic (exact) mass is 398 g/mol. The van der Waals surface area contributed by atoms with E-state index in [-0.39, 0.29) is 18.0 Å². The average molecular weight is 398 g/mol. The first-order valence-electron chi connectivity index (χ1n) is 9.37. The third-order valence-corrected chi connectivity index (χ3v) is 5.43. The molecule has 2 heterocycles. The lowest BCUT2D eigenvalue weighted by atomic mass is 10.0. The third-order valence-electron chi connectivity index (χ3n) is 5.43. The fraction of sp³-hybridized carbons (Fsp3) is 0.579. The topological polar surface area (TPSA) is 65.2 Å². The van der Waals surface area contributed by atoms with Gasteiger partial charge in [0.1, 0.15) is 6.61 Å². The Morgan fingerprint density at radius 3 is 2.71 bits per heavy atom. The number of ether oxygens (including phenoxy) is 2. The highest BCUT2D eigenvalue weighted by molar-refractivity contribution is 5.78. The van der Waals surface area contributed by atoms with Crippen molar-refractivity contribution >= 4 is 18.4 Å². The van der Waals surface area contributed by atoms with E-state index >= 15 is 0 Å². The zero-order chi connectivity index (χ0) is 20.3. The second-order valence-electron chi connectivity index (χ2n) is 7.22. The molecule has 1 aromatic rings. The van der Waals surface area contributed by atoms with Gasteiger partial charge in [-0.1, -0.05) is 4.68 Å². The van der Waals surface area contributed by atoms with Gasteiger partial charge in [0.05, 0.1) is 19.8 Å². The Morgan fingerprint density at radius 1 is 1.32 bits per heavy atom. The van der Waals surface area contributed by atoms with Gasteiger partial charge in [-0.2, -0.15) is 13.8 Å². The van der Waals surface area contributed by atoms with E-state index in [2.05, 4.69) is 11.6 Å². The lowest BCUT2D eigenvalue weighted by molar-refractivity contribution is -0.629. The van der Waals surface area contributed by atoms with Crippen molar-refractivity contribution in [2.75, 3.05) is 46.0 Å². The molecule has 2 saturated heterocycles. The summed E-state index contributed by atoms with van der Waals surface area (Å²) in [6.45, 7) is 9.41. The minimum atomic E-state index is -1.21. The Kier molecular flexibility index (Phi) is 6.14. The van der Waals surface area contributed by atoms with E-state index in [0.29, 0.717) is 39.1 Å². The zero-order valence-electron chi connectivity index (χ0n) is 16.0. The summed E-state index contributed by atoms with van der Waals surface area (Å²) >= 11 is 0. The molecule has 0 unspecified atom stereocenters. The number of carbonyl (C=O) groups is 1. The fourth-order valence-corrected chi connectivity index (χ4v) is 3.63. The van der Waals surface area contributed by atoms with Crippen LogP contribution in [0.2, 0.25) is 0 Å². The first kappa shape index (κ1) is 20.5. The quantitative estimate of drug-likeness (QED) is 0.559. The number of hydrazine groups is 1. The molecule has 2 aliphatic rings. The van der Waals surface area contributed by atoms with Crippen LogP contribution in [-0.4, -0.2) is 83.9 Å². The van der Waals surface area contributed by atoms with Crippen molar-refractivity contribution in [3.05, 3.63) is 23.8 Å². The van der Waals surface area contributed by atoms with Crippen molar-refractivity contribution in [1.82, 2.24) is 9.91 Å². The fourth-order valence-electron chi connectivity index (χ4n) is 3.63. The molecule has 3 rings (SSSR count). The van der Waals surface area contributed by atoms with Crippen molar-refractivity contribution in [2.24, 2.45) is 0 Å². The number of hydrogen-bond acceptors (Lipinski definition) is 5. The molecule has 1 aromatic carbocycles. The summed E-state index contributed by atoms with van der Waals surface area (Å²) in [5.74, 6) is -3.42. The maximum atomic E-state index is 14.7. The standard InChI is InChI=1S/C19H25F2N3O4/c1-19(18(25)26)6-3-7-24(19)22(2)14-4-5-15(17(21)16(14)20)28-13-10-23-8-11-27-12-9-23/h4-5H,2-3,6-13H2,1H3/p+1/t19-/m1/s1. The number of carboxylic acids is 1. The molecule has 0 radical (unpaired) electrons. The number of hydrogen-bond donors (Lipinski definition) is 1. The maximum absolute atomic E-state index is 14.7. The number of rotatable bonds is 7. The van der Waals surface area contributed by atoms with E-state index in [4.69, 9.17) is 9.47 Å². The summed E-state index contributed by atoms with van der Waals surface area (Å²) in [6.07, 6.45) is 1.03. The number of benzene rings is 1. The first-order chi connectivity index (χ1) is 13.3. The molecular weight excluding hydrogens is 372 g/mol. The van der Waals surface area contributed by atoms with Crippen LogP contribution in [0.3, 0.4) is 0 Å². The summed E-state index contributed by atoms with van der Waals surface area (Å²) in [6, 6.07) is 2.70. The summed E-state index contributed by atoms with van der Waals surface area (Å²) in [5, 5.41) is 11.0. The number of halogens is 2. The average Bonchev–Trinajstić information content (AvgIpc) is 3.09. The molecule has 7 nitrogen and oxygen atoms in total. The molecule has 154 valence electrons. The van der Waals surface area contributed by atoms with Gasteiger partial charge in [0.2, 0.25) is 11.6 Å². The summed E-state index contributed by atoms with van der Waals surface area (Å²) in [7, 11) is 0. The van der Waals surface area contributed by atoms with Gasteiger partial charge in [-0.05, 0) is 25.8 Å². The normalized spacial score (nSPS) is 23.0. The van der Waals surface area contributed by atoms with Gasteiger partial charge in [0, 0.05) is 25.7 Å². The van der Waals surface area contributed by atoms with E-state index in [0.717, 1.165) is 17.8 Å². The van der Waals surface area contributed by atoms with Crippen LogP contribution in [0.4, 0.5) is 14.5 Å². The highest BCUT2D eigenvalue weighted by Gasteiger charge is 2.49. The van der Waals surface area contributed by atoms with E-state index < -0.39 is 23.1 Å². The number of nitrogens with zero attached hydrogens (tertiary/aromatic N) is 3. The SMILES string of the molecule is C=[N+](c1ccc(OCCN2CCOCC2)c(F)c1F)N1CCC[C@]1(C)C(=O)O. The second kappa shape index (κ2) is 8.40. The van der Waals surface area contributed by atoms with Gasteiger partial charge in [0.25, 0.3) is 5.69 Å². The Hall–Kier alpha value is -2.26. The number of aliphatic carboxylic acids is 1. The van der Waals surface area contributed by atoms with Crippen molar-refractivity contribution in [3.63, 3.8) is 0 Å². The molecule has 28 heavy (non-hydrogen) atoms. The van der Waals surface area contributed by atoms with Crippen LogP contribution in [0.1, 0.15) is 19.8 Å². The molecule has 0 aromatic heterocycles. The van der Waals surface area contributed by atoms with Crippen molar-refractivity contribution < 1.29 is 32.8 Å². The molecular formula is C19H26F2N3O4+. The Morgan fingerprint density at radius 2 is 2.04 bits per heavy atom. The van der Waals surface area contributed by atoms with Crippen LogP contribution in [0.25, 0.3) is 0 Å². The molecule has 0 aliphatic carbocycles. The highest BCUT2D eigenvalue weighted by atomic mass is 19.2. The molecule has 1 N–H and O–H groups in total. The lowest BCUT2D eigenvalue weighted by Gasteiger charge is -2.28. The van der Waals surface area contributed by atoms with Crippen molar-refractivity contribution in [2.45, 2.75) is 25.3 Å². The summed E-state index contributed by atoms with van der Waals surface area (Å²) in [4.78, 5) is 13.8. The largest absolute Gasteiger partial charge is 0.489 e. The molecule has 0 saturated carbocycles. The van der Waals surface area contributed by atoms with Gasteiger partial charge in [0.15, 0.2) is 18.0 Å². The van der Waals surface area contributed by atoms with Crippen LogP contribution in [-0.2, 0) is 9.53 Å². The molecule has 0 spiro atoms. The van der Waals surface area contributed by atoms with Gasteiger partial charge >= 0.3 is 5.97 Å². The van der Waals surface area contributed by atoms with E-state index in [9.17, 15) is 18.7 Å². The van der Waals surface area contributed by atoms with Crippen molar-refractivity contribution in [3.8, 4) is 5.75 Å². The van der Waals surface area contributed by atoms with Gasteiger partial charge in [-0.25, -0.2) is 4.79 Å². The van der Waals surface area contributed by atoms with Crippen molar-refractivity contribution in [1.29, 1.82) is 0 Å². The summed E-state index contributed by atoms with van der Waals surface area (Å²) in [5.41, 5.74) is -1.34. The lowest BCUT2D eigenvalue weighted by Crippen LogP contribution is -2.51. The van der Waals surface area contributed by atoms with Gasteiger partial charge < -0.3 is 14.6 Å². The highest BCUT2D eigenvalue weighted by Crippen LogP contribution is 2.34. The Labute approximate surface area is 162 Å². The molecule has 0 bridgehead atoms. The predicted octanol–water partition coefficient (Wildman–Crippen LogP) is 1.87. The van der Waals surface area contributed by atoms with Crippen LogP contribution >= 0.6 is 0 Å². The number of morpholine rings is 1. The Balaban J connectivity index is 1.69. The van der Waals surface area contributed by atoms with Crippen LogP contribution in [0.5, 0.6) is 5.75 Å². The molecule has 9 heteroatoms. The van der Waals surface area contributed by atoms with E-state index in [1.54, 1.807) is 6.92 Å².